The maximum absolute atomic E-state index is 5.96. The van der Waals surface area contributed by atoms with Gasteiger partial charge in [0.15, 0.2) is 0 Å². The molecule has 90 valence electrons. The van der Waals surface area contributed by atoms with Gasteiger partial charge in [-0.2, -0.15) is 0 Å². The van der Waals surface area contributed by atoms with E-state index in [1.807, 2.05) is 12.1 Å². The summed E-state index contributed by atoms with van der Waals surface area (Å²) in [6.07, 6.45) is 4.18. The van der Waals surface area contributed by atoms with Gasteiger partial charge in [-0.15, -0.1) is 0 Å². The van der Waals surface area contributed by atoms with Gasteiger partial charge >= 0.3 is 0 Å². The first-order chi connectivity index (χ1) is 7.70. The number of furan rings is 1. The number of hydrogen-bond acceptors (Lipinski definition) is 3. The fraction of sp³-hybridized carbons (Fsp3) is 0.692. The zero-order chi connectivity index (χ0) is 11.6. The minimum absolute atomic E-state index is 0.223. The third-order valence-corrected chi connectivity index (χ3v) is 3.82. The van der Waals surface area contributed by atoms with Crippen molar-refractivity contribution >= 4 is 0 Å². The molecule has 0 unspecified atom stereocenters. The molecule has 0 bridgehead atoms. The predicted molar refractivity (Wildman–Crippen MR) is 65.0 cm³/mol. The van der Waals surface area contributed by atoms with Crippen LogP contribution in [-0.2, 0) is 6.54 Å². The monoisotopic (exact) mass is 222 g/mol. The molecule has 1 aromatic heterocycles. The number of rotatable bonds is 5. The molecule has 0 amide bonds. The Morgan fingerprint density at radius 3 is 2.75 bits per heavy atom. The van der Waals surface area contributed by atoms with E-state index >= 15 is 0 Å². The van der Waals surface area contributed by atoms with Crippen LogP contribution in [0.25, 0.3) is 0 Å². The molecule has 0 radical (unpaired) electrons. The molecule has 3 heteroatoms. The van der Waals surface area contributed by atoms with Crippen LogP contribution < -0.4 is 5.73 Å². The van der Waals surface area contributed by atoms with Crippen LogP contribution >= 0.6 is 0 Å². The van der Waals surface area contributed by atoms with Crippen LogP contribution in [0, 0.1) is 5.92 Å². The predicted octanol–water partition coefficient (Wildman–Crippen LogP) is 2.23. The van der Waals surface area contributed by atoms with Crippen LogP contribution in [0.5, 0.6) is 0 Å². The minimum Gasteiger partial charge on any atom is -0.468 e. The normalized spacial score (nSPS) is 29.4. The first-order valence-electron chi connectivity index (χ1n) is 6.17. The van der Waals surface area contributed by atoms with Crippen LogP contribution in [0.15, 0.2) is 22.8 Å². The van der Waals surface area contributed by atoms with Crippen molar-refractivity contribution in [1.82, 2.24) is 4.90 Å². The molecule has 0 atom stereocenters. The van der Waals surface area contributed by atoms with Gasteiger partial charge in [-0.05, 0) is 37.4 Å². The lowest BCUT2D eigenvalue weighted by Crippen LogP contribution is -2.60. The van der Waals surface area contributed by atoms with E-state index in [1.165, 1.54) is 12.8 Å². The highest BCUT2D eigenvalue weighted by atomic mass is 16.3. The molecule has 1 aromatic rings. The van der Waals surface area contributed by atoms with Gasteiger partial charge in [0.25, 0.3) is 0 Å². The van der Waals surface area contributed by atoms with Crippen molar-refractivity contribution in [2.75, 3.05) is 13.1 Å². The standard InChI is InChI=1S/C13H22N2O/c1-3-15(9-12-5-4-6-16-12)13(10-14)7-11(2)8-13/h4-6,11H,3,7-10,14H2,1-2H3. The van der Waals surface area contributed by atoms with E-state index in [2.05, 4.69) is 18.7 Å². The summed E-state index contributed by atoms with van der Waals surface area (Å²) in [4.78, 5) is 2.46. The topological polar surface area (TPSA) is 42.4 Å². The summed E-state index contributed by atoms with van der Waals surface area (Å²) in [7, 11) is 0. The highest BCUT2D eigenvalue weighted by Crippen LogP contribution is 2.42. The smallest absolute Gasteiger partial charge is 0.117 e. The lowest BCUT2D eigenvalue weighted by molar-refractivity contribution is -0.0188. The molecule has 1 heterocycles. The van der Waals surface area contributed by atoms with Gasteiger partial charge in [0.1, 0.15) is 5.76 Å². The molecule has 0 aliphatic heterocycles. The van der Waals surface area contributed by atoms with Crippen molar-refractivity contribution in [3.63, 3.8) is 0 Å². The van der Waals surface area contributed by atoms with Crippen LogP contribution in [0.2, 0.25) is 0 Å². The molecular formula is C13H22N2O. The summed E-state index contributed by atoms with van der Waals surface area (Å²) in [5.41, 5.74) is 6.19. The fourth-order valence-corrected chi connectivity index (χ4v) is 3.00. The zero-order valence-corrected chi connectivity index (χ0v) is 10.3. The van der Waals surface area contributed by atoms with Gasteiger partial charge < -0.3 is 10.2 Å². The number of likely N-dealkylation sites (N-methyl/N-ethyl adjacent to an activating group) is 1. The van der Waals surface area contributed by atoms with Crippen molar-refractivity contribution in [3.8, 4) is 0 Å². The summed E-state index contributed by atoms with van der Waals surface area (Å²) >= 11 is 0. The van der Waals surface area contributed by atoms with E-state index in [1.54, 1.807) is 6.26 Å². The molecule has 1 fully saturated rings. The summed E-state index contributed by atoms with van der Waals surface area (Å²) in [6, 6.07) is 3.98. The summed E-state index contributed by atoms with van der Waals surface area (Å²) in [5, 5.41) is 0. The molecule has 2 rings (SSSR count). The first-order valence-corrected chi connectivity index (χ1v) is 6.17. The third kappa shape index (κ3) is 2.02. The van der Waals surface area contributed by atoms with Crippen LogP contribution in [-0.4, -0.2) is 23.5 Å². The van der Waals surface area contributed by atoms with Gasteiger partial charge in [0.2, 0.25) is 0 Å². The summed E-state index contributed by atoms with van der Waals surface area (Å²) in [6.45, 7) is 7.17. The van der Waals surface area contributed by atoms with Crippen molar-refractivity contribution in [2.24, 2.45) is 11.7 Å². The van der Waals surface area contributed by atoms with Crippen LogP contribution in [0.3, 0.4) is 0 Å². The molecule has 1 aliphatic carbocycles. The SMILES string of the molecule is CCN(Cc1ccco1)C1(CN)CC(C)C1. The van der Waals surface area contributed by atoms with E-state index < -0.39 is 0 Å². The largest absolute Gasteiger partial charge is 0.468 e. The van der Waals surface area contributed by atoms with Gasteiger partial charge in [-0.3, -0.25) is 4.90 Å². The Hall–Kier alpha value is -0.800. The first kappa shape index (κ1) is 11.7. The molecule has 3 nitrogen and oxygen atoms in total. The maximum Gasteiger partial charge on any atom is 0.117 e. The van der Waals surface area contributed by atoms with Gasteiger partial charge in [-0.25, -0.2) is 0 Å². The maximum atomic E-state index is 5.96. The Labute approximate surface area is 97.6 Å². The average molecular weight is 222 g/mol. The molecule has 0 aromatic carbocycles. The van der Waals surface area contributed by atoms with E-state index in [9.17, 15) is 0 Å². The molecule has 0 spiro atoms. The fourth-order valence-electron chi connectivity index (χ4n) is 3.00. The van der Waals surface area contributed by atoms with Gasteiger partial charge in [0.05, 0.1) is 12.8 Å². The summed E-state index contributed by atoms with van der Waals surface area (Å²) in [5.74, 6) is 1.85. The molecule has 1 saturated carbocycles. The van der Waals surface area contributed by atoms with E-state index in [-0.39, 0.29) is 5.54 Å². The number of nitrogens with two attached hydrogens (primary N) is 1. The Morgan fingerprint density at radius 2 is 2.31 bits per heavy atom. The highest BCUT2D eigenvalue weighted by molar-refractivity contribution is 5.05. The molecule has 0 saturated heterocycles. The molecular weight excluding hydrogens is 200 g/mol. The Bertz CT molecular complexity index is 315. The van der Waals surface area contributed by atoms with Crippen LogP contribution in [0.1, 0.15) is 32.4 Å². The van der Waals surface area contributed by atoms with E-state index in [0.29, 0.717) is 0 Å². The molecule has 16 heavy (non-hydrogen) atoms. The Balaban J connectivity index is 2.04. The average Bonchev–Trinajstić information content (AvgIpc) is 2.74. The van der Waals surface area contributed by atoms with E-state index in [4.69, 9.17) is 10.2 Å². The Kier molecular flexibility index (Phi) is 3.36. The van der Waals surface area contributed by atoms with Gasteiger partial charge in [0, 0.05) is 12.1 Å². The zero-order valence-electron chi connectivity index (χ0n) is 10.3. The van der Waals surface area contributed by atoms with Gasteiger partial charge in [-0.1, -0.05) is 13.8 Å². The van der Waals surface area contributed by atoms with Crippen molar-refractivity contribution in [2.45, 2.75) is 38.8 Å². The van der Waals surface area contributed by atoms with Crippen LogP contribution in [0.4, 0.5) is 0 Å². The van der Waals surface area contributed by atoms with Crippen molar-refractivity contribution < 1.29 is 4.42 Å². The van der Waals surface area contributed by atoms with Crippen molar-refractivity contribution in [3.05, 3.63) is 24.2 Å². The second kappa shape index (κ2) is 4.60. The molecule has 1 aliphatic rings. The lowest BCUT2D eigenvalue weighted by Gasteiger charge is -2.53. The number of hydrogen-bond donors (Lipinski definition) is 1. The lowest BCUT2D eigenvalue weighted by atomic mass is 9.68. The minimum atomic E-state index is 0.223. The molecule has 2 N–H and O–H groups in total. The quantitative estimate of drug-likeness (QED) is 0.830. The second-order valence-corrected chi connectivity index (χ2v) is 5.04. The Morgan fingerprint density at radius 1 is 1.56 bits per heavy atom. The number of nitrogens with zero attached hydrogens (tertiary/aromatic N) is 1. The second-order valence-electron chi connectivity index (χ2n) is 5.04. The summed E-state index contributed by atoms with van der Waals surface area (Å²) < 4.78 is 5.42. The van der Waals surface area contributed by atoms with E-state index in [0.717, 1.165) is 31.3 Å². The van der Waals surface area contributed by atoms with Crippen molar-refractivity contribution in [1.29, 1.82) is 0 Å². The highest BCUT2D eigenvalue weighted by Gasteiger charge is 2.45. The third-order valence-electron chi connectivity index (χ3n) is 3.82.